The number of benzene rings is 2. The molecule has 6 nitrogen and oxygen atoms in total. The number of aliphatic imine (C=N–C) groups is 1. The fourth-order valence-corrected chi connectivity index (χ4v) is 3.50. The molecule has 0 fully saturated rings. The lowest BCUT2D eigenvalue weighted by atomic mass is 9.67. The van der Waals surface area contributed by atoms with Crippen LogP contribution in [0.25, 0.3) is 0 Å². The minimum atomic E-state index is -1.30. The van der Waals surface area contributed by atoms with E-state index in [1.54, 1.807) is 20.8 Å². The Labute approximate surface area is 172 Å². The number of nitrogens with one attached hydrogen (secondary N) is 1. The van der Waals surface area contributed by atoms with Gasteiger partial charge in [-0.15, -0.1) is 0 Å². The molecule has 1 heterocycles. The highest BCUT2D eigenvalue weighted by Gasteiger charge is 2.53. The standard InChI is InChI=1S/C21H23F3N4O2/c1-20(2)18(29)28(4)19(25)27-21(20,3)12-8-11(6-7-13(12)22)26-16-9-14(23)15(24)10-17(16)30-5/h6-10,26H,1-5H3,(H2,25,27)/t21-/m1/s1. The van der Waals surface area contributed by atoms with Gasteiger partial charge in [0.25, 0.3) is 0 Å². The van der Waals surface area contributed by atoms with Gasteiger partial charge in [-0.05, 0) is 39.0 Å². The molecule has 2 aromatic rings. The molecule has 9 heteroatoms. The number of carbonyl (C=O) groups is 1. The molecule has 0 bridgehead atoms. The largest absolute Gasteiger partial charge is 0.494 e. The van der Waals surface area contributed by atoms with Crippen LogP contribution in [0.1, 0.15) is 26.3 Å². The van der Waals surface area contributed by atoms with Crippen LogP contribution in [0, 0.1) is 22.9 Å². The molecule has 0 aromatic heterocycles. The first-order chi connectivity index (χ1) is 13.9. The number of carbonyl (C=O) groups excluding carboxylic acids is 1. The van der Waals surface area contributed by atoms with Gasteiger partial charge < -0.3 is 15.8 Å². The van der Waals surface area contributed by atoms with E-state index in [0.717, 1.165) is 12.1 Å². The molecule has 1 aliphatic rings. The molecule has 1 atom stereocenters. The molecule has 0 saturated heterocycles. The first kappa shape index (κ1) is 21.5. The Morgan fingerprint density at radius 1 is 1.07 bits per heavy atom. The maximum absolute atomic E-state index is 14.9. The van der Waals surface area contributed by atoms with Crippen LogP contribution in [0.2, 0.25) is 0 Å². The highest BCUT2D eigenvalue weighted by Crippen LogP contribution is 2.48. The van der Waals surface area contributed by atoms with Crippen molar-refractivity contribution in [1.82, 2.24) is 4.90 Å². The lowest BCUT2D eigenvalue weighted by molar-refractivity contribution is -0.140. The summed E-state index contributed by atoms with van der Waals surface area (Å²) in [6.45, 7) is 4.96. The van der Waals surface area contributed by atoms with Crippen molar-refractivity contribution in [1.29, 1.82) is 0 Å². The van der Waals surface area contributed by atoms with E-state index in [2.05, 4.69) is 10.3 Å². The number of rotatable bonds is 4. The number of guanidine groups is 1. The van der Waals surface area contributed by atoms with Crippen molar-refractivity contribution in [3.8, 4) is 5.75 Å². The van der Waals surface area contributed by atoms with Crippen LogP contribution < -0.4 is 15.8 Å². The Hall–Kier alpha value is -3.23. The van der Waals surface area contributed by atoms with Crippen LogP contribution in [0.5, 0.6) is 5.75 Å². The molecular weight excluding hydrogens is 397 g/mol. The number of nitrogens with zero attached hydrogens (tertiary/aromatic N) is 2. The second kappa shape index (κ2) is 7.23. The Kier molecular flexibility index (Phi) is 5.17. The van der Waals surface area contributed by atoms with Gasteiger partial charge in [-0.25, -0.2) is 18.2 Å². The van der Waals surface area contributed by atoms with Crippen LogP contribution in [0.4, 0.5) is 24.5 Å². The normalized spacial score (nSPS) is 20.7. The first-order valence-electron chi connectivity index (χ1n) is 9.16. The minimum absolute atomic E-state index is 0.0261. The molecule has 2 aromatic carbocycles. The van der Waals surface area contributed by atoms with Crippen molar-refractivity contribution in [3.63, 3.8) is 0 Å². The maximum atomic E-state index is 14.9. The van der Waals surface area contributed by atoms with Gasteiger partial charge in [-0.3, -0.25) is 9.69 Å². The topological polar surface area (TPSA) is 80.0 Å². The molecule has 3 N–H and O–H groups in total. The zero-order valence-corrected chi connectivity index (χ0v) is 17.3. The zero-order chi connectivity index (χ0) is 22.4. The number of anilines is 2. The predicted molar refractivity (Wildman–Crippen MR) is 108 cm³/mol. The fourth-order valence-electron chi connectivity index (χ4n) is 3.50. The Balaban J connectivity index is 2.11. The van der Waals surface area contributed by atoms with Gasteiger partial charge in [0.2, 0.25) is 5.91 Å². The monoisotopic (exact) mass is 420 g/mol. The van der Waals surface area contributed by atoms with Gasteiger partial charge >= 0.3 is 0 Å². The summed E-state index contributed by atoms with van der Waals surface area (Å²) in [7, 11) is 2.82. The summed E-state index contributed by atoms with van der Waals surface area (Å²) in [5.41, 5.74) is 4.14. The van der Waals surface area contributed by atoms with Gasteiger partial charge in [-0.2, -0.15) is 0 Å². The minimum Gasteiger partial charge on any atom is -0.494 e. The third-order valence-electron chi connectivity index (χ3n) is 5.75. The van der Waals surface area contributed by atoms with Crippen LogP contribution in [-0.4, -0.2) is 30.9 Å². The Morgan fingerprint density at radius 3 is 2.33 bits per heavy atom. The van der Waals surface area contributed by atoms with E-state index >= 15 is 0 Å². The summed E-state index contributed by atoms with van der Waals surface area (Å²) >= 11 is 0. The van der Waals surface area contributed by atoms with Crippen LogP contribution in [0.3, 0.4) is 0 Å². The van der Waals surface area contributed by atoms with Gasteiger partial charge in [-0.1, -0.05) is 0 Å². The number of methoxy groups -OCH3 is 1. The molecule has 1 amide bonds. The zero-order valence-electron chi connectivity index (χ0n) is 17.3. The van der Waals surface area contributed by atoms with Crippen molar-refractivity contribution >= 4 is 23.2 Å². The van der Waals surface area contributed by atoms with E-state index < -0.39 is 28.4 Å². The lowest BCUT2D eigenvalue weighted by Gasteiger charge is -2.46. The third-order valence-corrected chi connectivity index (χ3v) is 5.75. The van der Waals surface area contributed by atoms with E-state index in [9.17, 15) is 18.0 Å². The van der Waals surface area contributed by atoms with Gasteiger partial charge in [0, 0.05) is 30.4 Å². The molecule has 0 unspecified atom stereocenters. The highest BCUT2D eigenvalue weighted by molar-refractivity contribution is 6.01. The predicted octanol–water partition coefficient (Wildman–Crippen LogP) is 3.88. The Morgan fingerprint density at radius 2 is 1.70 bits per heavy atom. The van der Waals surface area contributed by atoms with E-state index in [1.807, 2.05) is 0 Å². The summed E-state index contributed by atoms with van der Waals surface area (Å²) in [6, 6.07) is 5.96. The van der Waals surface area contributed by atoms with E-state index in [0.29, 0.717) is 5.69 Å². The smallest absolute Gasteiger partial charge is 0.237 e. The van der Waals surface area contributed by atoms with Crippen molar-refractivity contribution in [2.45, 2.75) is 26.3 Å². The SMILES string of the molecule is COc1cc(F)c(F)cc1Nc1ccc(F)c([C@@]2(C)N=C(N)N(C)C(=O)C2(C)C)c1. The summed E-state index contributed by atoms with van der Waals surface area (Å²) in [6.07, 6.45) is 0. The molecule has 3 rings (SSSR count). The van der Waals surface area contributed by atoms with E-state index in [4.69, 9.17) is 10.5 Å². The highest BCUT2D eigenvalue weighted by atomic mass is 19.2. The van der Waals surface area contributed by atoms with Crippen molar-refractivity contribution in [2.75, 3.05) is 19.5 Å². The quantitative estimate of drug-likeness (QED) is 0.787. The summed E-state index contributed by atoms with van der Waals surface area (Å²) in [4.78, 5) is 18.5. The number of hydrogen-bond acceptors (Lipinski definition) is 5. The van der Waals surface area contributed by atoms with Crippen molar-refractivity contribution < 1.29 is 22.7 Å². The van der Waals surface area contributed by atoms with Crippen molar-refractivity contribution in [3.05, 3.63) is 53.3 Å². The number of hydrogen-bond donors (Lipinski definition) is 2. The van der Waals surface area contributed by atoms with Crippen molar-refractivity contribution in [2.24, 2.45) is 16.1 Å². The van der Waals surface area contributed by atoms with E-state index in [-0.39, 0.29) is 28.9 Å². The van der Waals surface area contributed by atoms with Crippen LogP contribution in [-0.2, 0) is 10.3 Å². The molecule has 0 saturated carbocycles. The number of halogens is 3. The molecular formula is C21H23F3N4O2. The molecule has 0 radical (unpaired) electrons. The second-order valence-electron chi connectivity index (χ2n) is 7.82. The average molecular weight is 420 g/mol. The fraction of sp³-hybridized carbons (Fsp3) is 0.333. The first-order valence-corrected chi connectivity index (χ1v) is 9.16. The van der Waals surface area contributed by atoms with Gasteiger partial charge in [0.05, 0.1) is 18.2 Å². The van der Waals surface area contributed by atoms with Crippen LogP contribution in [0.15, 0.2) is 35.3 Å². The van der Waals surface area contributed by atoms with Gasteiger partial charge in [0.15, 0.2) is 17.6 Å². The summed E-state index contributed by atoms with van der Waals surface area (Å²) in [5.74, 6) is -2.96. The molecule has 1 aliphatic heterocycles. The number of ether oxygens (including phenoxy) is 1. The van der Waals surface area contributed by atoms with E-state index in [1.165, 1.54) is 37.3 Å². The molecule has 160 valence electrons. The molecule has 30 heavy (non-hydrogen) atoms. The lowest BCUT2D eigenvalue weighted by Crippen LogP contribution is -2.58. The number of nitrogens with two attached hydrogens (primary N) is 1. The third kappa shape index (κ3) is 3.24. The maximum Gasteiger partial charge on any atom is 0.237 e. The summed E-state index contributed by atoms with van der Waals surface area (Å²) < 4.78 is 47.2. The number of amides is 1. The summed E-state index contributed by atoms with van der Waals surface area (Å²) in [5, 5.41) is 2.90. The second-order valence-corrected chi connectivity index (χ2v) is 7.82. The molecule has 0 spiro atoms. The average Bonchev–Trinajstić information content (AvgIpc) is 2.69. The van der Waals surface area contributed by atoms with Crippen LogP contribution >= 0.6 is 0 Å². The van der Waals surface area contributed by atoms with Gasteiger partial charge in [0.1, 0.15) is 17.1 Å². The Bertz CT molecular complexity index is 1050. The molecule has 0 aliphatic carbocycles.